The molecule has 1 aromatic carbocycles. The summed E-state index contributed by atoms with van der Waals surface area (Å²) < 4.78 is 0. The number of carbonyl (C=O) groups excluding carboxylic acids is 1. The molecule has 0 atom stereocenters. The van der Waals surface area contributed by atoms with E-state index in [0.717, 1.165) is 36.3 Å². The summed E-state index contributed by atoms with van der Waals surface area (Å²) in [6, 6.07) is 5.85. The molecule has 0 aromatic heterocycles. The molecule has 0 bridgehead atoms. The molecule has 0 saturated carbocycles. The van der Waals surface area contributed by atoms with Gasteiger partial charge in [0.1, 0.15) is 0 Å². The summed E-state index contributed by atoms with van der Waals surface area (Å²) in [6.07, 6.45) is 1.01. The molecule has 1 aliphatic heterocycles. The summed E-state index contributed by atoms with van der Waals surface area (Å²) in [4.78, 5) is 13.9. The van der Waals surface area contributed by atoms with Crippen LogP contribution in [0, 0.1) is 0 Å². The second kappa shape index (κ2) is 3.93. The van der Waals surface area contributed by atoms with Crippen molar-refractivity contribution in [2.24, 2.45) is 0 Å². The first-order valence-electron chi connectivity index (χ1n) is 5.36. The summed E-state index contributed by atoms with van der Waals surface area (Å²) in [6.45, 7) is 3.69. The van der Waals surface area contributed by atoms with Gasteiger partial charge in [-0.1, -0.05) is 13.0 Å². The minimum Gasteiger partial charge on any atom is -0.388 e. The lowest BCUT2D eigenvalue weighted by atomic mass is 10.1. The number of hydrogen-bond acceptors (Lipinski definition) is 2. The fraction of sp³-hybridized carbons (Fsp3) is 0.417. The van der Waals surface area contributed by atoms with Crippen LogP contribution in [0.25, 0.3) is 0 Å². The van der Waals surface area contributed by atoms with E-state index in [4.69, 9.17) is 0 Å². The third kappa shape index (κ3) is 1.58. The second-order valence-electron chi connectivity index (χ2n) is 3.81. The van der Waals surface area contributed by atoms with Crippen LogP contribution in [-0.4, -0.2) is 24.4 Å². The van der Waals surface area contributed by atoms with E-state index in [1.54, 1.807) is 0 Å². The van der Waals surface area contributed by atoms with Crippen molar-refractivity contribution >= 4 is 11.6 Å². The van der Waals surface area contributed by atoms with Gasteiger partial charge < -0.3 is 10.2 Å². The zero-order valence-corrected chi connectivity index (χ0v) is 9.21. The highest BCUT2D eigenvalue weighted by molar-refractivity contribution is 6.00. The van der Waals surface area contributed by atoms with Gasteiger partial charge in [0.2, 0.25) is 0 Å². The number of rotatable bonds is 3. The molecule has 1 heterocycles. The Kier molecular flexibility index (Phi) is 2.62. The normalized spacial score (nSPS) is 14.3. The van der Waals surface area contributed by atoms with Crippen LogP contribution in [-0.2, 0) is 6.54 Å². The topological polar surface area (TPSA) is 32.3 Å². The highest BCUT2D eigenvalue weighted by atomic mass is 16.2. The molecular formula is C12H16N2O. The van der Waals surface area contributed by atoms with E-state index in [9.17, 15) is 4.79 Å². The van der Waals surface area contributed by atoms with E-state index < -0.39 is 0 Å². The number of benzene rings is 1. The summed E-state index contributed by atoms with van der Waals surface area (Å²) >= 11 is 0. The Morgan fingerprint density at radius 1 is 1.47 bits per heavy atom. The Morgan fingerprint density at radius 2 is 2.27 bits per heavy atom. The molecule has 1 N–H and O–H groups in total. The van der Waals surface area contributed by atoms with E-state index in [1.165, 1.54) is 0 Å². The van der Waals surface area contributed by atoms with Crippen LogP contribution in [0.5, 0.6) is 0 Å². The maximum atomic E-state index is 12.0. The van der Waals surface area contributed by atoms with Gasteiger partial charge in [0.05, 0.1) is 0 Å². The number of nitrogens with zero attached hydrogens (tertiary/aromatic N) is 1. The van der Waals surface area contributed by atoms with Crippen LogP contribution in [0.4, 0.5) is 5.69 Å². The number of hydrogen-bond donors (Lipinski definition) is 1. The molecule has 0 aliphatic carbocycles. The van der Waals surface area contributed by atoms with Crippen LogP contribution in [0.15, 0.2) is 18.2 Å². The molecule has 80 valence electrons. The standard InChI is InChI=1S/C12H16N2O/c1-3-7-14-8-10-9(12(14)15)5-4-6-11(10)13-2/h4-6,13H,3,7-8H2,1-2H3. The van der Waals surface area contributed by atoms with Crippen molar-refractivity contribution < 1.29 is 4.79 Å². The first-order chi connectivity index (χ1) is 7.27. The summed E-state index contributed by atoms with van der Waals surface area (Å²) in [5.74, 6) is 0.170. The monoisotopic (exact) mass is 204 g/mol. The lowest BCUT2D eigenvalue weighted by molar-refractivity contribution is 0.0778. The third-order valence-electron chi connectivity index (χ3n) is 2.81. The highest BCUT2D eigenvalue weighted by Crippen LogP contribution is 2.28. The van der Waals surface area contributed by atoms with Crippen LogP contribution < -0.4 is 5.32 Å². The lowest BCUT2D eigenvalue weighted by Gasteiger charge is -2.13. The van der Waals surface area contributed by atoms with Gasteiger partial charge in [-0.15, -0.1) is 0 Å². The first kappa shape index (κ1) is 10.0. The number of amides is 1. The molecule has 0 radical (unpaired) electrons. The maximum Gasteiger partial charge on any atom is 0.254 e. The van der Waals surface area contributed by atoms with Crippen molar-refractivity contribution in [2.45, 2.75) is 19.9 Å². The quantitative estimate of drug-likeness (QED) is 0.817. The van der Waals surface area contributed by atoms with Gasteiger partial charge >= 0.3 is 0 Å². The molecule has 1 aromatic rings. The molecule has 0 fully saturated rings. The predicted molar refractivity (Wildman–Crippen MR) is 61.0 cm³/mol. The summed E-state index contributed by atoms with van der Waals surface area (Å²) in [5.41, 5.74) is 3.06. The van der Waals surface area contributed by atoms with E-state index in [2.05, 4.69) is 12.2 Å². The molecule has 1 amide bonds. The van der Waals surface area contributed by atoms with Crippen LogP contribution in [0.2, 0.25) is 0 Å². The zero-order chi connectivity index (χ0) is 10.8. The van der Waals surface area contributed by atoms with Gasteiger partial charge in [0, 0.05) is 37.0 Å². The minimum atomic E-state index is 0.170. The van der Waals surface area contributed by atoms with Gasteiger partial charge in [-0.2, -0.15) is 0 Å². The van der Waals surface area contributed by atoms with E-state index in [-0.39, 0.29) is 5.91 Å². The predicted octanol–water partition coefficient (Wildman–Crippen LogP) is 2.09. The molecule has 15 heavy (non-hydrogen) atoms. The highest BCUT2D eigenvalue weighted by Gasteiger charge is 2.27. The lowest BCUT2D eigenvalue weighted by Crippen LogP contribution is -2.24. The average Bonchev–Trinajstić information content (AvgIpc) is 2.57. The van der Waals surface area contributed by atoms with Crippen LogP contribution >= 0.6 is 0 Å². The van der Waals surface area contributed by atoms with Gasteiger partial charge in [0.25, 0.3) is 5.91 Å². The maximum absolute atomic E-state index is 12.0. The molecular weight excluding hydrogens is 188 g/mol. The second-order valence-corrected chi connectivity index (χ2v) is 3.81. The van der Waals surface area contributed by atoms with Crippen molar-refractivity contribution in [2.75, 3.05) is 18.9 Å². The number of fused-ring (bicyclic) bond motifs is 1. The number of anilines is 1. The Morgan fingerprint density at radius 3 is 2.93 bits per heavy atom. The summed E-state index contributed by atoms with van der Waals surface area (Å²) in [5, 5.41) is 3.13. The van der Waals surface area contributed by atoms with Crippen LogP contribution in [0.1, 0.15) is 29.3 Å². The molecule has 0 unspecified atom stereocenters. The molecule has 0 spiro atoms. The zero-order valence-electron chi connectivity index (χ0n) is 9.21. The molecule has 1 aliphatic rings. The molecule has 2 rings (SSSR count). The van der Waals surface area contributed by atoms with Crippen molar-refractivity contribution in [1.29, 1.82) is 0 Å². The van der Waals surface area contributed by atoms with Gasteiger partial charge in [-0.3, -0.25) is 4.79 Å². The Bertz CT molecular complexity index is 387. The Labute approximate surface area is 90.1 Å². The SMILES string of the molecule is CCCN1Cc2c(NC)cccc2C1=O. The molecule has 3 heteroatoms. The largest absolute Gasteiger partial charge is 0.388 e. The number of nitrogens with one attached hydrogen (secondary N) is 1. The fourth-order valence-electron chi connectivity index (χ4n) is 2.08. The Hall–Kier alpha value is -1.51. The van der Waals surface area contributed by atoms with Gasteiger partial charge in [-0.25, -0.2) is 0 Å². The minimum absolute atomic E-state index is 0.170. The van der Waals surface area contributed by atoms with Gasteiger partial charge in [0.15, 0.2) is 0 Å². The van der Waals surface area contributed by atoms with Crippen molar-refractivity contribution in [1.82, 2.24) is 4.90 Å². The number of carbonyl (C=O) groups is 1. The summed E-state index contributed by atoms with van der Waals surface area (Å²) in [7, 11) is 1.89. The van der Waals surface area contributed by atoms with Crippen LogP contribution in [0.3, 0.4) is 0 Å². The third-order valence-corrected chi connectivity index (χ3v) is 2.81. The van der Waals surface area contributed by atoms with Crippen molar-refractivity contribution in [3.63, 3.8) is 0 Å². The average molecular weight is 204 g/mol. The van der Waals surface area contributed by atoms with Gasteiger partial charge in [-0.05, 0) is 18.6 Å². The molecule has 3 nitrogen and oxygen atoms in total. The fourth-order valence-corrected chi connectivity index (χ4v) is 2.08. The van der Waals surface area contributed by atoms with E-state index >= 15 is 0 Å². The molecule has 0 saturated heterocycles. The van der Waals surface area contributed by atoms with E-state index in [1.807, 2.05) is 30.1 Å². The smallest absolute Gasteiger partial charge is 0.254 e. The van der Waals surface area contributed by atoms with Crippen molar-refractivity contribution in [3.05, 3.63) is 29.3 Å². The Balaban J connectivity index is 2.35. The van der Waals surface area contributed by atoms with E-state index in [0.29, 0.717) is 0 Å². The first-order valence-corrected chi connectivity index (χ1v) is 5.36. The van der Waals surface area contributed by atoms with Crippen molar-refractivity contribution in [3.8, 4) is 0 Å².